The van der Waals surface area contributed by atoms with Crippen LogP contribution in [0.4, 0.5) is 16.2 Å². The number of carbonyl (C=O) groups is 3. The Morgan fingerprint density at radius 3 is 2.27 bits per heavy atom. The number of rotatable bonds is 9. The van der Waals surface area contributed by atoms with E-state index in [-0.39, 0.29) is 19.4 Å². The predicted molar refractivity (Wildman–Crippen MR) is 179 cm³/mol. The summed E-state index contributed by atoms with van der Waals surface area (Å²) in [5.41, 5.74) is 3.47. The minimum atomic E-state index is -0.976. The van der Waals surface area contributed by atoms with Crippen molar-refractivity contribution in [1.82, 2.24) is 10.2 Å². The monoisotopic (exact) mass is 716 g/mol. The van der Waals surface area contributed by atoms with E-state index >= 15 is 0 Å². The summed E-state index contributed by atoms with van der Waals surface area (Å²) in [6, 6.07) is 32.6. The van der Waals surface area contributed by atoms with Crippen LogP contribution in [0.2, 0.25) is 0 Å². The molecule has 0 unspecified atom stereocenters. The molecule has 1 saturated heterocycles. The van der Waals surface area contributed by atoms with Gasteiger partial charge in [-0.25, -0.2) is 9.59 Å². The number of hydrogen-bond donors (Lipinski definition) is 3. The van der Waals surface area contributed by atoms with E-state index in [1.165, 1.54) is 12.0 Å². The first-order chi connectivity index (χ1) is 21.9. The summed E-state index contributed by atoms with van der Waals surface area (Å²) in [5.74, 6) is -1.05. The van der Waals surface area contributed by atoms with Crippen molar-refractivity contribution < 1.29 is 23.9 Å². The molecule has 45 heavy (non-hydrogen) atoms. The van der Waals surface area contributed by atoms with Gasteiger partial charge in [0, 0.05) is 33.4 Å². The molecule has 2 amide bonds. The third kappa shape index (κ3) is 6.19. The van der Waals surface area contributed by atoms with Gasteiger partial charge in [-0.05, 0) is 51.9 Å². The van der Waals surface area contributed by atoms with Crippen molar-refractivity contribution in [1.29, 1.82) is 0 Å². The Bertz CT molecular complexity index is 1690. The zero-order chi connectivity index (χ0) is 31.4. The van der Waals surface area contributed by atoms with Crippen LogP contribution in [0.1, 0.15) is 23.1 Å². The highest BCUT2D eigenvalue weighted by molar-refractivity contribution is 14.1. The van der Waals surface area contributed by atoms with E-state index in [1.807, 2.05) is 109 Å². The van der Waals surface area contributed by atoms with Gasteiger partial charge in [-0.3, -0.25) is 9.69 Å². The smallest absolute Gasteiger partial charge is 0.412 e. The Morgan fingerprint density at radius 2 is 1.56 bits per heavy atom. The lowest BCUT2D eigenvalue weighted by Gasteiger charge is -2.34. The van der Waals surface area contributed by atoms with E-state index < -0.39 is 41.8 Å². The molecule has 0 aromatic heterocycles. The molecule has 2 aliphatic rings. The van der Waals surface area contributed by atoms with Crippen molar-refractivity contribution in [3.05, 3.63) is 129 Å². The minimum absolute atomic E-state index is 0.0417. The van der Waals surface area contributed by atoms with E-state index in [1.54, 1.807) is 0 Å². The molecule has 6 rings (SSSR count). The lowest BCUT2D eigenvalue weighted by atomic mass is 9.86. The Balaban J connectivity index is 1.37. The predicted octanol–water partition coefficient (Wildman–Crippen LogP) is 5.66. The van der Waals surface area contributed by atoms with Crippen molar-refractivity contribution in [3.8, 4) is 0 Å². The van der Waals surface area contributed by atoms with Crippen molar-refractivity contribution in [2.75, 3.05) is 17.7 Å². The number of ether oxygens (including phenoxy) is 2. The van der Waals surface area contributed by atoms with Gasteiger partial charge in [0.2, 0.25) is 5.91 Å². The van der Waals surface area contributed by atoms with Crippen molar-refractivity contribution in [2.45, 2.75) is 43.2 Å². The molecule has 0 saturated carbocycles. The number of carbonyl (C=O) groups excluding carboxylic acids is 3. The summed E-state index contributed by atoms with van der Waals surface area (Å²) in [7, 11) is 1.29. The fourth-order valence-corrected chi connectivity index (χ4v) is 6.74. The molecule has 1 fully saturated rings. The molecule has 2 aliphatic heterocycles. The maximum atomic E-state index is 14.2. The van der Waals surface area contributed by atoms with Crippen LogP contribution in [0.15, 0.2) is 109 Å². The normalized spacial score (nSPS) is 20.3. The van der Waals surface area contributed by atoms with Crippen LogP contribution < -0.4 is 16.0 Å². The number of benzene rings is 4. The van der Waals surface area contributed by atoms with E-state index in [0.717, 1.165) is 31.6 Å². The average molecular weight is 717 g/mol. The van der Waals surface area contributed by atoms with Gasteiger partial charge in [0.25, 0.3) is 0 Å². The van der Waals surface area contributed by atoms with Gasteiger partial charge in [-0.15, -0.1) is 0 Å². The number of anilines is 2. The van der Waals surface area contributed by atoms with E-state index in [4.69, 9.17) is 9.47 Å². The molecule has 4 aromatic carbocycles. The standard InChI is InChI=1S/C35H33IN4O5/c1-44-32(42)29(20-23-12-4-2-5-13-23)37-31(41)30-21-35(39-28-19-11-9-17-26(28)36)25-16-8-10-18-27(25)38-33(35)40(30)34(43)45-22-24-14-6-3-7-15-24/h2-19,29-30,33,38-39H,20-22H2,1H3,(H,37,41)/t29-,30-,33-,35+/m0/s1. The summed E-state index contributed by atoms with van der Waals surface area (Å²) in [4.78, 5) is 42.6. The molecule has 10 heteroatoms. The van der Waals surface area contributed by atoms with Crippen LogP contribution in [-0.4, -0.2) is 48.2 Å². The summed E-state index contributed by atoms with van der Waals surface area (Å²) in [5, 5.41) is 10.1. The van der Waals surface area contributed by atoms with Crippen molar-refractivity contribution >= 4 is 51.9 Å². The largest absolute Gasteiger partial charge is 0.467 e. The maximum absolute atomic E-state index is 14.2. The van der Waals surface area contributed by atoms with Crippen LogP contribution in [0.5, 0.6) is 0 Å². The van der Waals surface area contributed by atoms with Gasteiger partial charge in [0.15, 0.2) is 0 Å². The molecular formula is C35H33IN4O5. The van der Waals surface area contributed by atoms with Crippen LogP contribution in [0.3, 0.4) is 0 Å². The summed E-state index contributed by atoms with van der Waals surface area (Å²) in [6.07, 6.45) is -0.859. The van der Waals surface area contributed by atoms with Gasteiger partial charge in [-0.2, -0.15) is 0 Å². The number of likely N-dealkylation sites (tertiary alicyclic amines) is 1. The maximum Gasteiger partial charge on any atom is 0.412 e. The molecule has 4 aromatic rings. The minimum Gasteiger partial charge on any atom is -0.467 e. The number of methoxy groups -OCH3 is 1. The quantitative estimate of drug-likeness (QED) is 0.152. The lowest BCUT2D eigenvalue weighted by Crippen LogP contribution is -2.55. The number of halogens is 1. The van der Waals surface area contributed by atoms with Gasteiger partial charge >= 0.3 is 12.1 Å². The van der Waals surface area contributed by atoms with E-state index in [0.29, 0.717) is 0 Å². The molecule has 230 valence electrons. The molecule has 9 nitrogen and oxygen atoms in total. The number of hydrogen-bond acceptors (Lipinski definition) is 7. The van der Waals surface area contributed by atoms with Gasteiger partial charge in [0.05, 0.1) is 7.11 Å². The highest BCUT2D eigenvalue weighted by atomic mass is 127. The molecule has 4 atom stereocenters. The molecule has 3 N–H and O–H groups in total. The highest BCUT2D eigenvalue weighted by Crippen LogP contribution is 2.51. The Labute approximate surface area is 275 Å². The van der Waals surface area contributed by atoms with Crippen molar-refractivity contribution in [2.24, 2.45) is 0 Å². The van der Waals surface area contributed by atoms with Crippen LogP contribution in [0.25, 0.3) is 0 Å². The second kappa shape index (κ2) is 13.2. The topological polar surface area (TPSA) is 109 Å². The highest BCUT2D eigenvalue weighted by Gasteiger charge is 2.62. The van der Waals surface area contributed by atoms with Crippen LogP contribution >= 0.6 is 22.6 Å². The Kier molecular flexibility index (Phi) is 8.92. The second-order valence-electron chi connectivity index (χ2n) is 11.1. The molecule has 2 heterocycles. The third-order valence-corrected chi connectivity index (χ3v) is 9.27. The van der Waals surface area contributed by atoms with E-state index in [2.05, 4.69) is 38.5 Å². The first-order valence-electron chi connectivity index (χ1n) is 14.7. The number of amides is 2. The molecule has 0 aliphatic carbocycles. The summed E-state index contributed by atoms with van der Waals surface area (Å²) >= 11 is 2.27. The molecule has 0 spiro atoms. The second-order valence-corrected chi connectivity index (χ2v) is 12.3. The summed E-state index contributed by atoms with van der Waals surface area (Å²) in [6.45, 7) is 0.0417. The number of para-hydroxylation sites is 2. The van der Waals surface area contributed by atoms with E-state index in [9.17, 15) is 14.4 Å². The lowest BCUT2D eigenvalue weighted by molar-refractivity contribution is -0.145. The van der Waals surface area contributed by atoms with Gasteiger partial charge in [-0.1, -0.05) is 91.0 Å². The number of nitrogens with one attached hydrogen (secondary N) is 3. The van der Waals surface area contributed by atoms with Crippen LogP contribution in [-0.2, 0) is 37.6 Å². The SMILES string of the molecule is COC(=O)[C@H](Cc1ccccc1)NC(=O)[C@@H]1C[C@@]2(Nc3ccccc3I)c3ccccc3N[C@H]2N1C(=O)OCc1ccccc1. The Morgan fingerprint density at radius 1 is 0.911 bits per heavy atom. The van der Waals surface area contributed by atoms with Crippen LogP contribution in [0, 0.1) is 3.57 Å². The summed E-state index contributed by atoms with van der Waals surface area (Å²) < 4.78 is 11.9. The first kappa shape index (κ1) is 30.4. The van der Waals surface area contributed by atoms with Crippen molar-refractivity contribution in [3.63, 3.8) is 0 Å². The number of fused-ring (bicyclic) bond motifs is 3. The zero-order valence-electron chi connectivity index (χ0n) is 24.6. The fourth-order valence-electron chi connectivity index (χ4n) is 6.22. The zero-order valence-corrected chi connectivity index (χ0v) is 26.8. The Hall–Kier alpha value is -4.58. The molecule has 0 radical (unpaired) electrons. The fraction of sp³-hybridized carbons (Fsp3) is 0.229. The molecular weight excluding hydrogens is 683 g/mol. The average Bonchev–Trinajstić information content (AvgIpc) is 3.55. The van der Waals surface area contributed by atoms with Gasteiger partial charge < -0.3 is 25.4 Å². The number of nitrogens with zero attached hydrogens (tertiary/aromatic N) is 1. The third-order valence-electron chi connectivity index (χ3n) is 8.33. The van der Waals surface area contributed by atoms with Gasteiger partial charge in [0.1, 0.15) is 30.4 Å². The first-order valence-corrected chi connectivity index (χ1v) is 15.8. The number of esters is 1. The molecule has 0 bridgehead atoms.